The van der Waals surface area contributed by atoms with Gasteiger partial charge in [-0.05, 0) is 104 Å². The highest BCUT2D eigenvalue weighted by Crippen LogP contribution is 2.83. The van der Waals surface area contributed by atoms with Gasteiger partial charge in [0, 0.05) is 6.20 Å². The number of halogens is 3. The average Bonchev–Trinajstić information content (AvgIpc) is 2.99. The summed E-state index contributed by atoms with van der Waals surface area (Å²) in [6, 6.07) is 0. The molecule has 7 atom stereocenters. The molecule has 7 heteroatoms. The zero-order valence-corrected chi connectivity index (χ0v) is 19.4. The number of Topliss-reactive ketones (excluding diaryl/α,β-unsaturated/α-hetero) is 1. The van der Waals surface area contributed by atoms with Gasteiger partial charge >= 0.3 is 6.18 Å². The van der Waals surface area contributed by atoms with Gasteiger partial charge < -0.3 is 5.11 Å². The fraction of sp³-hybridized carbons (Fsp3) is 0.769. The Bertz CT molecular complexity index is 1040. The molecule has 5 aliphatic rings. The van der Waals surface area contributed by atoms with Gasteiger partial charge in [-0.3, -0.25) is 9.48 Å². The molecule has 0 radical (unpaired) electrons. The molecule has 0 bridgehead atoms. The smallest absolute Gasteiger partial charge is 0.390 e. The Morgan fingerprint density at radius 3 is 2.67 bits per heavy atom. The van der Waals surface area contributed by atoms with Gasteiger partial charge in [-0.15, -0.1) is 0 Å². The Morgan fingerprint density at radius 2 is 1.94 bits per heavy atom. The highest BCUT2D eigenvalue weighted by molar-refractivity contribution is 5.97. The maximum atomic E-state index is 13.2. The highest BCUT2D eigenvalue weighted by atomic mass is 19.4. The summed E-state index contributed by atoms with van der Waals surface area (Å²) in [6.07, 6.45) is 8.92. The van der Waals surface area contributed by atoms with Crippen LogP contribution in [-0.2, 0) is 17.5 Å². The predicted octanol–water partition coefficient (Wildman–Crippen LogP) is 5.56. The molecule has 6 rings (SSSR count). The van der Waals surface area contributed by atoms with Crippen molar-refractivity contribution < 1.29 is 23.1 Å². The zero-order chi connectivity index (χ0) is 23.4. The van der Waals surface area contributed by atoms with Crippen LogP contribution in [0.3, 0.4) is 0 Å². The van der Waals surface area contributed by atoms with Gasteiger partial charge in [-0.1, -0.05) is 13.0 Å². The van der Waals surface area contributed by atoms with E-state index in [1.54, 1.807) is 0 Å². The first-order chi connectivity index (χ1) is 15.4. The molecule has 1 heterocycles. The summed E-state index contributed by atoms with van der Waals surface area (Å²) >= 11 is 0. The topological polar surface area (TPSA) is 55.1 Å². The number of hydrogen-bond donors (Lipinski definition) is 1. The van der Waals surface area contributed by atoms with Gasteiger partial charge in [-0.25, -0.2) is 0 Å². The van der Waals surface area contributed by atoms with Crippen LogP contribution in [-0.4, -0.2) is 26.3 Å². The van der Waals surface area contributed by atoms with Gasteiger partial charge in [0.15, 0.2) is 5.78 Å². The third-order valence-corrected chi connectivity index (χ3v) is 10.7. The molecule has 0 aliphatic heterocycles. The van der Waals surface area contributed by atoms with Crippen molar-refractivity contribution in [1.82, 2.24) is 9.78 Å². The highest BCUT2D eigenvalue weighted by Gasteiger charge is 2.76. The zero-order valence-electron chi connectivity index (χ0n) is 19.4. The number of allylic oxidation sites excluding steroid dienone is 2. The number of nitrogens with zero attached hydrogens (tertiary/aromatic N) is 2. The second kappa shape index (κ2) is 6.52. The molecule has 0 aromatic carbocycles. The Balaban J connectivity index is 1.19. The van der Waals surface area contributed by atoms with Crippen molar-refractivity contribution in [3.05, 3.63) is 29.6 Å². The lowest BCUT2D eigenvalue weighted by Crippen LogP contribution is -2.50. The summed E-state index contributed by atoms with van der Waals surface area (Å²) in [5.41, 5.74) is 0.0141. The van der Waals surface area contributed by atoms with Crippen LogP contribution in [0.25, 0.3) is 0 Å². The summed E-state index contributed by atoms with van der Waals surface area (Å²) in [6.45, 7) is 4.08. The van der Waals surface area contributed by atoms with Crippen LogP contribution in [0.5, 0.6) is 0 Å². The lowest BCUT2D eigenvalue weighted by atomic mass is 9.49. The molecule has 0 amide bonds. The van der Waals surface area contributed by atoms with E-state index >= 15 is 0 Å². The van der Waals surface area contributed by atoms with Crippen LogP contribution >= 0.6 is 0 Å². The molecular formula is C26H33F3N2O2. The van der Waals surface area contributed by atoms with E-state index in [-0.39, 0.29) is 17.7 Å². The Hall–Kier alpha value is -1.63. The predicted molar refractivity (Wildman–Crippen MR) is 116 cm³/mol. The lowest BCUT2D eigenvalue weighted by molar-refractivity contribution is -0.137. The second-order valence-electron chi connectivity index (χ2n) is 12.4. The molecule has 180 valence electrons. The first-order valence-electron chi connectivity index (χ1n) is 12.5. The molecule has 1 aromatic rings. The van der Waals surface area contributed by atoms with Crippen LogP contribution < -0.4 is 0 Å². The summed E-state index contributed by atoms with van der Waals surface area (Å²) in [5.74, 6) is 1.63. The van der Waals surface area contributed by atoms with E-state index in [0.29, 0.717) is 28.6 Å². The first kappa shape index (κ1) is 21.9. The Morgan fingerprint density at radius 1 is 1.15 bits per heavy atom. The molecule has 0 saturated heterocycles. The third-order valence-electron chi connectivity index (χ3n) is 10.7. The van der Waals surface area contributed by atoms with Crippen LogP contribution in [0.2, 0.25) is 0 Å². The number of alkyl halides is 3. The average molecular weight is 463 g/mol. The van der Waals surface area contributed by atoms with Crippen molar-refractivity contribution in [3.8, 4) is 0 Å². The van der Waals surface area contributed by atoms with Crippen LogP contribution in [0, 0.1) is 34.0 Å². The molecule has 5 aliphatic carbocycles. The monoisotopic (exact) mass is 462 g/mol. The number of aromatic nitrogens is 2. The van der Waals surface area contributed by atoms with Crippen molar-refractivity contribution in [2.75, 3.05) is 0 Å². The Labute approximate surface area is 192 Å². The number of hydrogen-bond acceptors (Lipinski definition) is 3. The number of carbonyl (C=O) groups excluding carboxylic acids is 1. The SMILES string of the molecule is C[C@@]1(O)CC[C@@]23C[C@@]2(CC[C@@H]2[C@@H]3CC[C@]3(C)C(C(=O)Cn4cc(C(F)(F)F)cn4)=CC[C@@H]23)C1. The number of ketones is 1. The summed E-state index contributed by atoms with van der Waals surface area (Å²) in [5, 5.41) is 14.5. The van der Waals surface area contributed by atoms with Gasteiger partial charge in [-0.2, -0.15) is 18.3 Å². The maximum Gasteiger partial charge on any atom is 0.419 e. The molecular weight excluding hydrogens is 429 g/mol. The quantitative estimate of drug-likeness (QED) is 0.640. The molecule has 1 N–H and O–H groups in total. The molecule has 0 spiro atoms. The molecule has 1 aromatic heterocycles. The minimum Gasteiger partial charge on any atom is -0.390 e. The van der Waals surface area contributed by atoms with Crippen molar-refractivity contribution in [1.29, 1.82) is 0 Å². The fourth-order valence-electron chi connectivity index (χ4n) is 9.24. The fourth-order valence-corrected chi connectivity index (χ4v) is 9.24. The summed E-state index contributed by atoms with van der Waals surface area (Å²) < 4.78 is 39.9. The number of rotatable bonds is 3. The first-order valence-corrected chi connectivity index (χ1v) is 12.5. The van der Waals surface area contributed by atoms with Crippen LogP contribution in [0.1, 0.15) is 77.2 Å². The molecule has 0 unspecified atom stereocenters. The second-order valence-corrected chi connectivity index (χ2v) is 12.4. The molecule has 4 fully saturated rings. The maximum absolute atomic E-state index is 13.2. The van der Waals surface area contributed by atoms with Crippen LogP contribution in [0.4, 0.5) is 13.2 Å². The van der Waals surface area contributed by atoms with E-state index in [0.717, 1.165) is 61.2 Å². The van der Waals surface area contributed by atoms with Gasteiger partial charge in [0.05, 0.1) is 17.4 Å². The minimum atomic E-state index is -4.45. The van der Waals surface area contributed by atoms with E-state index in [4.69, 9.17) is 0 Å². The Kier molecular flexibility index (Phi) is 4.32. The van der Waals surface area contributed by atoms with Crippen molar-refractivity contribution in [2.24, 2.45) is 34.0 Å². The number of carbonyl (C=O) groups is 1. The summed E-state index contributed by atoms with van der Waals surface area (Å²) in [4.78, 5) is 13.2. The molecule has 4 nitrogen and oxygen atoms in total. The van der Waals surface area contributed by atoms with Crippen molar-refractivity contribution in [2.45, 2.75) is 90.0 Å². The largest absolute Gasteiger partial charge is 0.419 e. The van der Waals surface area contributed by atoms with Gasteiger partial charge in [0.25, 0.3) is 0 Å². The van der Waals surface area contributed by atoms with Crippen molar-refractivity contribution >= 4 is 5.78 Å². The number of aliphatic hydroxyl groups is 1. The molecule has 33 heavy (non-hydrogen) atoms. The van der Waals surface area contributed by atoms with Crippen molar-refractivity contribution in [3.63, 3.8) is 0 Å². The standard InChI is InChI=1S/C26H33F3N2O2/c1-22(33)9-10-25-15-24(25,14-22)8-5-17-18-3-4-20(23(18,2)7-6-19(17)25)21(32)13-31-12-16(11-30-31)26(27,28)29/h4,11-12,17-19,33H,3,5-10,13-15H2,1-2H3/t17-,18-,19-,22+,23-,24+,25-/m0/s1. The number of fused-ring (bicyclic) bond motifs is 3. The van der Waals surface area contributed by atoms with Gasteiger partial charge in [0.1, 0.15) is 6.54 Å². The molecule has 4 saturated carbocycles. The van der Waals surface area contributed by atoms with Crippen LogP contribution in [0.15, 0.2) is 24.0 Å². The summed E-state index contributed by atoms with van der Waals surface area (Å²) in [7, 11) is 0. The van der Waals surface area contributed by atoms with E-state index in [1.165, 1.54) is 19.3 Å². The van der Waals surface area contributed by atoms with E-state index in [9.17, 15) is 23.1 Å². The lowest BCUT2D eigenvalue weighted by Gasteiger charge is -2.56. The van der Waals surface area contributed by atoms with E-state index in [1.807, 2.05) is 6.92 Å². The normalized spacial score (nSPS) is 46.0. The minimum absolute atomic E-state index is 0.0984. The van der Waals surface area contributed by atoms with E-state index in [2.05, 4.69) is 18.1 Å². The van der Waals surface area contributed by atoms with E-state index < -0.39 is 17.3 Å². The third kappa shape index (κ3) is 2.99. The van der Waals surface area contributed by atoms with Gasteiger partial charge in [0.2, 0.25) is 0 Å².